The minimum atomic E-state index is -0.184. The van der Waals surface area contributed by atoms with Gasteiger partial charge >= 0.3 is 0 Å². The maximum Gasteiger partial charge on any atom is 0.238 e. The number of amides is 1. The molecule has 0 bridgehead atoms. The van der Waals surface area contributed by atoms with Crippen molar-refractivity contribution in [3.63, 3.8) is 0 Å². The number of hydrogen-bond acceptors (Lipinski definition) is 4. The lowest BCUT2D eigenvalue weighted by molar-refractivity contribution is -0.115. The Labute approximate surface area is 185 Å². The standard InChI is InChI=1S/C24H22ClN5O/c1-17-7-9-19(10-8-17)24(18-5-3-2-4-6-18)27-14-23(31)29-21-13-20(25)11-12-22(21)30-16-26-15-28-30/h2-13,15-16,24,27H,14H2,1H3,(H,29,31)/t24-/m0/s1. The molecular formula is C24H22ClN5O. The number of anilines is 1. The van der Waals surface area contributed by atoms with Crippen LogP contribution in [0.15, 0.2) is 85.5 Å². The van der Waals surface area contributed by atoms with Crippen LogP contribution < -0.4 is 10.6 Å². The molecule has 2 N–H and O–H groups in total. The largest absolute Gasteiger partial charge is 0.323 e. The molecule has 0 aliphatic carbocycles. The highest BCUT2D eigenvalue weighted by atomic mass is 35.5. The first-order chi connectivity index (χ1) is 15.1. The van der Waals surface area contributed by atoms with E-state index >= 15 is 0 Å². The fraction of sp³-hybridized carbons (Fsp3) is 0.125. The molecular weight excluding hydrogens is 410 g/mol. The number of nitrogens with one attached hydrogen (secondary N) is 2. The van der Waals surface area contributed by atoms with E-state index in [2.05, 4.69) is 64.0 Å². The highest BCUT2D eigenvalue weighted by Crippen LogP contribution is 2.25. The van der Waals surface area contributed by atoms with Gasteiger partial charge in [-0.15, -0.1) is 0 Å². The summed E-state index contributed by atoms with van der Waals surface area (Å²) in [5.41, 5.74) is 4.63. The second-order valence-corrected chi connectivity index (χ2v) is 7.62. The van der Waals surface area contributed by atoms with Crippen molar-refractivity contribution in [1.82, 2.24) is 20.1 Å². The number of halogens is 1. The van der Waals surface area contributed by atoms with Gasteiger partial charge in [0.05, 0.1) is 24.0 Å². The summed E-state index contributed by atoms with van der Waals surface area (Å²) in [5, 5.41) is 11.0. The molecule has 3 aromatic carbocycles. The minimum Gasteiger partial charge on any atom is -0.323 e. The SMILES string of the molecule is Cc1ccc([C@@H](NCC(=O)Nc2cc(Cl)ccc2-n2cncn2)c2ccccc2)cc1. The zero-order valence-corrected chi connectivity index (χ0v) is 17.8. The van der Waals surface area contributed by atoms with Crippen molar-refractivity contribution in [2.75, 3.05) is 11.9 Å². The Hall–Kier alpha value is -3.48. The topological polar surface area (TPSA) is 71.8 Å². The van der Waals surface area contributed by atoms with Gasteiger partial charge in [0.15, 0.2) is 0 Å². The van der Waals surface area contributed by atoms with Gasteiger partial charge in [0.25, 0.3) is 0 Å². The molecule has 1 amide bonds. The Morgan fingerprint density at radius 3 is 2.48 bits per heavy atom. The summed E-state index contributed by atoms with van der Waals surface area (Å²) in [4.78, 5) is 16.8. The summed E-state index contributed by atoms with van der Waals surface area (Å²) >= 11 is 6.15. The van der Waals surface area contributed by atoms with Crippen molar-refractivity contribution in [2.45, 2.75) is 13.0 Å². The third-order valence-electron chi connectivity index (χ3n) is 4.91. The van der Waals surface area contributed by atoms with Crippen LogP contribution in [0, 0.1) is 6.92 Å². The molecule has 4 rings (SSSR count). The Balaban J connectivity index is 1.51. The smallest absolute Gasteiger partial charge is 0.238 e. The number of nitrogens with zero attached hydrogens (tertiary/aromatic N) is 3. The maximum absolute atomic E-state index is 12.8. The van der Waals surface area contributed by atoms with Gasteiger partial charge in [-0.25, -0.2) is 9.67 Å². The molecule has 156 valence electrons. The summed E-state index contributed by atoms with van der Waals surface area (Å²) in [6, 6.07) is 23.5. The predicted molar refractivity (Wildman–Crippen MR) is 122 cm³/mol. The summed E-state index contributed by atoms with van der Waals surface area (Å²) in [5.74, 6) is -0.184. The van der Waals surface area contributed by atoms with E-state index in [0.29, 0.717) is 16.4 Å². The van der Waals surface area contributed by atoms with Crippen molar-refractivity contribution in [1.29, 1.82) is 0 Å². The van der Waals surface area contributed by atoms with Crippen molar-refractivity contribution < 1.29 is 4.79 Å². The summed E-state index contributed by atoms with van der Waals surface area (Å²) < 4.78 is 1.58. The molecule has 1 heterocycles. The lowest BCUT2D eigenvalue weighted by atomic mass is 9.98. The van der Waals surface area contributed by atoms with Crippen LogP contribution in [-0.4, -0.2) is 27.2 Å². The Bertz CT molecular complexity index is 1140. The van der Waals surface area contributed by atoms with E-state index in [1.807, 2.05) is 18.2 Å². The molecule has 0 fully saturated rings. The molecule has 0 aliphatic heterocycles. The van der Waals surface area contributed by atoms with Crippen LogP contribution in [-0.2, 0) is 4.79 Å². The number of hydrogen-bond donors (Lipinski definition) is 2. The Morgan fingerprint density at radius 1 is 1.03 bits per heavy atom. The quantitative estimate of drug-likeness (QED) is 0.450. The number of carbonyl (C=O) groups excluding carboxylic acids is 1. The zero-order valence-electron chi connectivity index (χ0n) is 17.0. The van der Waals surface area contributed by atoms with Crippen LogP contribution in [0.1, 0.15) is 22.7 Å². The zero-order chi connectivity index (χ0) is 21.6. The normalized spacial score (nSPS) is 11.8. The van der Waals surface area contributed by atoms with Gasteiger partial charge in [-0.1, -0.05) is 71.8 Å². The molecule has 0 aliphatic rings. The molecule has 0 spiro atoms. The predicted octanol–water partition coefficient (Wildman–Crippen LogP) is 4.55. The first-order valence-corrected chi connectivity index (χ1v) is 10.3. The third-order valence-corrected chi connectivity index (χ3v) is 5.14. The van der Waals surface area contributed by atoms with Crippen LogP contribution in [0.4, 0.5) is 5.69 Å². The average molecular weight is 432 g/mol. The van der Waals surface area contributed by atoms with Crippen LogP contribution in [0.5, 0.6) is 0 Å². The molecule has 0 unspecified atom stereocenters. The van der Waals surface area contributed by atoms with E-state index in [1.165, 1.54) is 11.9 Å². The molecule has 0 saturated heterocycles. The van der Waals surface area contributed by atoms with Crippen LogP contribution >= 0.6 is 11.6 Å². The van der Waals surface area contributed by atoms with E-state index in [9.17, 15) is 4.79 Å². The van der Waals surface area contributed by atoms with Gasteiger partial charge < -0.3 is 5.32 Å². The van der Waals surface area contributed by atoms with Crippen LogP contribution in [0.3, 0.4) is 0 Å². The van der Waals surface area contributed by atoms with E-state index in [-0.39, 0.29) is 18.5 Å². The maximum atomic E-state index is 12.8. The summed E-state index contributed by atoms with van der Waals surface area (Å²) in [6.07, 6.45) is 3.01. The number of aryl methyl sites for hydroxylation is 1. The van der Waals surface area contributed by atoms with Crippen LogP contribution in [0.25, 0.3) is 5.69 Å². The Morgan fingerprint density at radius 2 is 1.77 bits per heavy atom. The van der Waals surface area contributed by atoms with Gasteiger partial charge in [-0.3, -0.25) is 10.1 Å². The Kier molecular flexibility index (Phi) is 6.40. The molecule has 4 aromatic rings. The van der Waals surface area contributed by atoms with E-state index in [0.717, 1.165) is 11.1 Å². The van der Waals surface area contributed by atoms with Crippen LogP contribution in [0.2, 0.25) is 5.02 Å². The number of rotatable bonds is 7. The van der Waals surface area contributed by atoms with E-state index < -0.39 is 0 Å². The highest BCUT2D eigenvalue weighted by molar-refractivity contribution is 6.31. The van der Waals surface area contributed by atoms with Crippen molar-refractivity contribution >= 4 is 23.2 Å². The van der Waals surface area contributed by atoms with Gasteiger partial charge in [0.1, 0.15) is 12.7 Å². The molecule has 1 atom stereocenters. The van der Waals surface area contributed by atoms with E-state index in [4.69, 9.17) is 11.6 Å². The molecule has 31 heavy (non-hydrogen) atoms. The minimum absolute atomic E-state index is 0.110. The lowest BCUT2D eigenvalue weighted by Gasteiger charge is -2.20. The highest BCUT2D eigenvalue weighted by Gasteiger charge is 2.16. The molecule has 1 aromatic heterocycles. The molecule has 7 heteroatoms. The molecule has 0 radical (unpaired) electrons. The fourth-order valence-electron chi connectivity index (χ4n) is 3.36. The fourth-order valence-corrected chi connectivity index (χ4v) is 3.53. The van der Waals surface area contributed by atoms with Gasteiger partial charge in [0.2, 0.25) is 5.91 Å². The lowest BCUT2D eigenvalue weighted by Crippen LogP contribution is -2.32. The van der Waals surface area contributed by atoms with Crippen molar-refractivity contribution in [2.24, 2.45) is 0 Å². The summed E-state index contributed by atoms with van der Waals surface area (Å²) in [7, 11) is 0. The van der Waals surface area contributed by atoms with Gasteiger partial charge in [0, 0.05) is 5.02 Å². The average Bonchev–Trinajstić information content (AvgIpc) is 3.31. The second kappa shape index (κ2) is 9.55. The second-order valence-electron chi connectivity index (χ2n) is 7.18. The monoisotopic (exact) mass is 431 g/mol. The summed E-state index contributed by atoms with van der Waals surface area (Å²) in [6.45, 7) is 2.18. The van der Waals surface area contributed by atoms with Crippen molar-refractivity contribution in [3.8, 4) is 5.69 Å². The number of aromatic nitrogens is 3. The molecule has 0 saturated carbocycles. The molecule has 6 nitrogen and oxygen atoms in total. The number of carbonyl (C=O) groups is 1. The van der Waals surface area contributed by atoms with Crippen molar-refractivity contribution in [3.05, 3.63) is 107 Å². The first-order valence-electron chi connectivity index (χ1n) is 9.89. The first kappa shape index (κ1) is 20.8. The third kappa shape index (κ3) is 5.17. The van der Waals surface area contributed by atoms with E-state index in [1.54, 1.807) is 29.2 Å². The van der Waals surface area contributed by atoms with Gasteiger partial charge in [-0.05, 0) is 36.2 Å². The number of benzene rings is 3. The van der Waals surface area contributed by atoms with Gasteiger partial charge in [-0.2, -0.15) is 5.10 Å².